The molecule has 312 valence electrons. The zero-order valence-electron chi connectivity index (χ0n) is 34.5. The number of carbonyl (C=O) groups is 2. The zero-order valence-corrected chi connectivity index (χ0v) is 34.5. The van der Waals surface area contributed by atoms with E-state index in [0.29, 0.717) is 66.0 Å². The summed E-state index contributed by atoms with van der Waals surface area (Å²) in [7, 11) is 0. The van der Waals surface area contributed by atoms with Gasteiger partial charge in [-0.1, -0.05) is 85.9 Å². The van der Waals surface area contributed by atoms with Gasteiger partial charge in [-0.05, 0) is 114 Å². The van der Waals surface area contributed by atoms with E-state index in [2.05, 4.69) is 41.9 Å². The second kappa shape index (κ2) is 21.4. The van der Waals surface area contributed by atoms with Gasteiger partial charge >= 0.3 is 0 Å². The van der Waals surface area contributed by atoms with Gasteiger partial charge < -0.3 is 36.5 Å². The van der Waals surface area contributed by atoms with Crippen LogP contribution in [-0.2, 0) is 36.9 Å². The summed E-state index contributed by atoms with van der Waals surface area (Å²) >= 11 is 0. The number of aliphatic hydroxyl groups is 1. The molecule has 1 aliphatic rings. The molecule has 1 aromatic heterocycles. The van der Waals surface area contributed by atoms with E-state index in [4.69, 9.17) is 16.2 Å². The fraction of sp³-hybridized carbons (Fsp3) is 0.333. The second-order valence-electron chi connectivity index (χ2n) is 15.9. The number of aromatic nitrogens is 1. The van der Waals surface area contributed by atoms with Crippen LogP contribution >= 0.6 is 0 Å². The smallest absolute Gasteiger partial charge is 0.165 e. The van der Waals surface area contributed by atoms with Crippen LogP contribution in [0.25, 0.3) is 0 Å². The molecule has 5 aromatic rings. The van der Waals surface area contributed by atoms with E-state index in [1.54, 1.807) is 42.6 Å². The summed E-state index contributed by atoms with van der Waals surface area (Å²) < 4.78 is 6.06. The lowest BCUT2D eigenvalue weighted by molar-refractivity contribution is -0.114. The Morgan fingerprint density at radius 2 is 1.67 bits per heavy atom. The molecule has 4 aromatic carbocycles. The number of nitrogens with one attached hydrogen (secondary N) is 1. The molecule has 9 heteroatoms. The molecule has 8 N–H and O–H groups in total. The molecule has 0 aliphatic heterocycles. The van der Waals surface area contributed by atoms with E-state index in [-0.39, 0.29) is 42.7 Å². The molecule has 60 heavy (non-hydrogen) atoms. The summed E-state index contributed by atoms with van der Waals surface area (Å²) in [4.78, 5) is 29.6. The van der Waals surface area contributed by atoms with Gasteiger partial charge in [0.25, 0.3) is 0 Å². The number of aryl methyl sites for hydroxylation is 2. The molecule has 6 rings (SSSR count). The average molecular weight is 808 g/mol. The molecule has 0 saturated carbocycles. The number of aromatic hydroxyl groups is 2. The van der Waals surface area contributed by atoms with Gasteiger partial charge in [0.15, 0.2) is 23.1 Å². The van der Waals surface area contributed by atoms with Crippen LogP contribution in [0.3, 0.4) is 0 Å². The molecule has 0 amide bonds. The Morgan fingerprint density at radius 3 is 2.45 bits per heavy atom. The van der Waals surface area contributed by atoms with Crippen molar-refractivity contribution in [1.82, 2.24) is 4.98 Å². The lowest BCUT2D eigenvalue weighted by Crippen LogP contribution is -2.20. The van der Waals surface area contributed by atoms with Crippen molar-refractivity contribution in [3.8, 4) is 29.1 Å². The molecule has 1 aliphatic carbocycles. The van der Waals surface area contributed by atoms with Gasteiger partial charge in [0.05, 0.1) is 19.2 Å². The maximum Gasteiger partial charge on any atom is 0.165 e. The third kappa shape index (κ3) is 11.9. The van der Waals surface area contributed by atoms with Crippen LogP contribution in [0.5, 0.6) is 17.2 Å². The number of phenols is 2. The average Bonchev–Trinajstić information content (AvgIpc) is 3.72. The fourth-order valence-corrected chi connectivity index (χ4v) is 7.92. The Kier molecular flexibility index (Phi) is 15.5. The SMILES string of the molecule is C[C@H](CCC/C=C/C(=O)CCc1ccc(O)c(OCCc2ccc(O)c([C@@H]3CC(=O)c4cc[nH]c4CC#Cc4cc(C(N)N)ccc43)c2)c1)CCc1ccccc1CCO. The van der Waals surface area contributed by atoms with Gasteiger partial charge in [-0.25, -0.2) is 0 Å². The largest absolute Gasteiger partial charge is 0.508 e. The summed E-state index contributed by atoms with van der Waals surface area (Å²) in [5.74, 6) is 6.95. The number of hydrogen-bond acceptors (Lipinski definition) is 8. The minimum absolute atomic E-state index is 0.0124. The molecule has 1 heterocycles. The highest BCUT2D eigenvalue weighted by atomic mass is 16.5. The Morgan fingerprint density at radius 1 is 0.900 bits per heavy atom. The van der Waals surface area contributed by atoms with Crippen LogP contribution < -0.4 is 16.2 Å². The molecule has 2 atom stereocenters. The number of unbranched alkanes of at least 4 members (excludes halogenated alkanes) is 1. The van der Waals surface area contributed by atoms with Crippen LogP contribution in [0.15, 0.2) is 103 Å². The van der Waals surface area contributed by atoms with Crippen LogP contribution in [0.1, 0.15) is 118 Å². The molecule has 0 saturated heterocycles. The number of carbonyl (C=O) groups excluding carboxylic acids is 2. The summed E-state index contributed by atoms with van der Waals surface area (Å²) in [6, 6.07) is 26.2. The number of benzene rings is 4. The Balaban J connectivity index is 1.02. The van der Waals surface area contributed by atoms with Crippen molar-refractivity contribution < 1.29 is 29.6 Å². The van der Waals surface area contributed by atoms with E-state index in [1.165, 1.54) is 11.1 Å². The van der Waals surface area contributed by atoms with Gasteiger partial charge in [-0.2, -0.15) is 0 Å². The first kappa shape index (κ1) is 43.7. The van der Waals surface area contributed by atoms with Crippen molar-refractivity contribution in [3.63, 3.8) is 0 Å². The fourth-order valence-electron chi connectivity index (χ4n) is 7.92. The Hall–Kier alpha value is -5.92. The number of nitrogens with two attached hydrogens (primary N) is 2. The monoisotopic (exact) mass is 807 g/mol. The zero-order chi connectivity index (χ0) is 42.4. The van der Waals surface area contributed by atoms with Crippen LogP contribution in [-0.4, -0.2) is 45.1 Å². The number of ether oxygens (including phenoxy) is 1. The van der Waals surface area contributed by atoms with Crippen molar-refractivity contribution in [2.75, 3.05) is 13.2 Å². The van der Waals surface area contributed by atoms with Crippen molar-refractivity contribution in [1.29, 1.82) is 0 Å². The lowest BCUT2D eigenvalue weighted by Gasteiger charge is -2.22. The number of fused-ring (bicyclic) bond motifs is 2. The Bertz CT molecular complexity index is 2350. The Labute approximate surface area is 353 Å². The third-order valence-electron chi connectivity index (χ3n) is 11.4. The number of phenolic OH excluding ortho intramolecular Hbond substituents is 2. The highest BCUT2D eigenvalue weighted by Crippen LogP contribution is 2.38. The standard InChI is InChI=1S/C51H57N3O6/c1-34(14-18-37-9-5-6-10-38(37)25-28-55)8-3-2-4-12-41(56)20-15-35-17-23-48(58)50(31-35)60-29-26-36-16-22-47(57)45(30-36)44-33-49(59)43-24-27-54-46(43)13-7-11-39-32-40(51(52)53)19-21-42(39)44/h4-6,9-10,12,16-17,19,21-24,27,30-32,34,44,51,54-55,57-58H,2-3,8,13-15,18,20,25-26,28-29,33,52-53H2,1H3/b12-4+/t34-,44-/m1/s1. The number of aliphatic hydroxyl groups excluding tert-OH is 1. The highest BCUT2D eigenvalue weighted by molar-refractivity contribution is 5.98. The molecule has 0 unspecified atom stereocenters. The van der Waals surface area contributed by atoms with Crippen molar-refractivity contribution >= 4 is 11.6 Å². The maximum absolute atomic E-state index is 13.7. The van der Waals surface area contributed by atoms with Gasteiger partial charge in [0, 0.05) is 60.4 Å². The molecule has 0 radical (unpaired) electrons. The summed E-state index contributed by atoms with van der Waals surface area (Å²) in [5, 5.41) is 31.2. The minimum Gasteiger partial charge on any atom is -0.508 e. The number of allylic oxidation sites excluding steroid dienone is 2. The maximum atomic E-state index is 13.7. The highest BCUT2D eigenvalue weighted by Gasteiger charge is 2.27. The summed E-state index contributed by atoms with van der Waals surface area (Å²) in [6.45, 7) is 2.69. The number of Topliss-reactive ketones (excluding diaryl/α,β-unsaturated/α-hetero) is 1. The van der Waals surface area contributed by atoms with Crippen LogP contribution in [0.4, 0.5) is 0 Å². The van der Waals surface area contributed by atoms with Crippen LogP contribution in [0, 0.1) is 17.8 Å². The first-order valence-corrected chi connectivity index (χ1v) is 21.1. The van der Waals surface area contributed by atoms with Crippen molar-refractivity contribution in [2.45, 2.75) is 89.6 Å². The lowest BCUT2D eigenvalue weighted by atomic mass is 9.81. The number of rotatable bonds is 19. The number of hydrogen-bond donors (Lipinski definition) is 6. The third-order valence-corrected chi connectivity index (χ3v) is 11.4. The molecular weight excluding hydrogens is 751 g/mol. The molecular formula is C51H57N3O6. The van der Waals surface area contributed by atoms with E-state index >= 15 is 0 Å². The van der Waals surface area contributed by atoms with E-state index in [1.807, 2.05) is 42.5 Å². The van der Waals surface area contributed by atoms with Crippen molar-refractivity contribution in [3.05, 3.63) is 159 Å². The number of ketones is 2. The van der Waals surface area contributed by atoms with E-state index in [0.717, 1.165) is 54.5 Å². The molecule has 9 nitrogen and oxygen atoms in total. The predicted molar refractivity (Wildman–Crippen MR) is 236 cm³/mol. The van der Waals surface area contributed by atoms with Gasteiger partial charge in [-0.15, -0.1) is 0 Å². The van der Waals surface area contributed by atoms with E-state index < -0.39 is 12.1 Å². The molecule has 0 bridgehead atoms. The van der Waals surface area contributed by atoms with E-state index in [9.17, 15) is 24.9 Å². The number of H-pyrrole nitrogens is 1. The molecule has 0 spiro atoms. The minimum atomic E-state index is -0.691. The predicted octanol–water partition coefficient (Wildman–Crippen LogP) is 8.31. The van der Waals surface area contributed by atoms with Crippen LogP contribution in [0.2, 0.25) is 0 Å². The van der Waals surface area contributed by atoms with Gasteiger partial charge in [-0.3, -0.25) is 9.59 Å². The van der Waals surface area contributed by atoms with Gasteiger partial charge in [0.2, 0.25) is 0 Å². The topological polar surface area (TPSA) is 172 Å². The summed E-state index contributed by atoms with van der Waals surface area (Å²) in [5.41, 5.74) is 20.5. The quantitative estimate of drug-likeness (QED) is 0.0209. The molecule has 0 fully saturated rings. The normalized spacial score (nSPS) is 14.3. The first-order chi connectivity index (χ1) is 29.1. The summed E-state index contributed by atoms with van der Waals surface area (Å²) in [6.07, 6.45) is 12.3. The second-order valence-corrected chi connectivity index (χ2v) is 15.9. The van der Waals surface area contributed by atoms with Crippen molar-refractivity contribution in [2.24, 2.45) is 17.4 Å². The number of aromatic amines is 1. The van der Waals surface area contributed by atoms with Gasteiger partial charge in [0.1, 0.15) is 5.75 Å². The first-order valence-electron chi connectivity index (χ1n) is 21.1.